The van der Waals surface area contributed by atoms with Crippen molar-refractivity contribution in [2.24, 2.45) is 4.99 Å². The lowest BCUT2D eigenvalue weighted by Crippen LogP contribution is -2.39. The quantitative estimate of drug-likeness (QED) is 0.517. The van der Waals surface area contributed by atoms with Crippen molar-refractivity contribution in [3.05, 3.63) is 78.4 Å². The van der Waals surface area contributed by atoms with Crippen molar-refractivity contribution in [3.8, 4) is 11.5 Å². The third-order valence-electron chi connectivity index (χ3n) is 5.27. The van der Waals surface area contributed by atoms with Crippen molar-refractivity contribution in [2.75, 3.05) is 20.8 Å². The maximum absolute atomic E-state index is 13.5. The number of methoxy groups -OCH3 is 2. The molecular formula is C24H24N2O6S. The minimum Gasteiger partial charge on any atom is -0.493 e. The number of carbonyl (C=O) groups excluding carboxylic acids is 1. The van der Waals surface area contributed by atoms with Crippen molar-refractivity contribution in [1.29, 1.82) is 0 Å². The molecule has 0 saturated heterocycles. The molecule has 0 saturated carbocycles. The molecule has 0 spiro atoms. The zero-order chi connectivity index (χ0) is 23.7. The fraction of sp³-hybridized carbons (Fsp3) is 0.292. The first-order chi connectivity index (χ1) is 15.9. The Morgan fingerprint density at radius 2 is 1.94 bits per heavy atom. The van der Waals surface area contributed by atoms with E-state index in [0.717, 1.165) is 5.76 Å². The summed E-state index contributed by atoms with van der Waals surface area (Å²) in [4.78, 5) is 31.5. The first kappa shape index (κ1) is 22.6. The number of nitrogens with zero attached hydrogens (tertiary/aromatic N) is 2. The highest BCUT2D eigenvalue weighted by Crippen LogP contribution is 2.36. The number of allylic oxidation sites excluding steroid dienone is 1. The number of hydrogen-bond acceptors (Lipinski definition) is 8. The number of esters is 1. The molecule has 172 valence electrons. The number of benzene rings is 1. The molecule has 0 amide bonds. The SMILES string of the molecule is CCOC(=O)C1=C(C)N=c2s/c(=C\c3ccc(C)o3)c(=O)n2C1c1ccc(OC)c(OC)c1. The molecule has 0 bridgehead atoms. The molecule has 4 rings (SSSR count). The standard InChI is InChI=1S/C24H24N2O6S/c1-6-31-23(28)20-14(3)25-24-26(21(20)15-8-10-17(29-4)18(11-15)30-5)22(27)19(33-24)12-16-9-7-13(2)32-16/h7-12,21H,6H2,1-5H3/b19-12-. The van der Waals surface area contributed by atoms with Gasteiger partial charge in [-0.05, 0) is 50.6 Å². The van der Waals surface area contributed by atoms with Crippen LogP contribution in [0.15, 0.2) is 55.8 Å². The van der Waals surface area contributed by atoms with E-state index in [2.05, 4.69) is 4.99 Å². The molecule has 3 aromatic rings. The molecule has 0 aliphatic carbocycles. The van der Waals surface area contributed by atoms with E-state index >= 15 is 0 Å². The summed E-state index contributed by atoms with van der Waals surface area (Å²) in [5, 5.41) is 0. The third-order valence-corrected chi connectivity index (χ3v) is 6.26. The zero-order valence-electron chi connectivity index (χ0n) is 19.0. The Bertz CT molecular complexity index is 1430. The van der Waals surface area contributed by atoms with E-state index in [-0.39, 0.29) is 12.2 Å². The largest absolute Gasteiger partial charge is 0.493 e. The van der Waals surface area contributed by atoms with Crippen LogP contribution < -0.4 is 24.4 Å². The zero-order valence-corrected chi connectivity index (χ0v) is 19.8. The van der Waals surface area contributed by atoms with Gasteiger partial charge in [-0.15, -0.1) is 0 Å². The fourth-order valence-electron chi connectivity index (χ4n) is 3.79. The van der Waals surface area contributed by atoms with Gasteiger partial charge in [0.1, 0.15) is 11.5 Å². The van der Waals surface area contributed by atoms with Crippen LogP contribution in [0.3, 0.4) is 0 Å². The van der Waals surface area contributed by atoms with Gasteiger partial charge < -0.3 is 18.6 Å². The van der Waals surface area contributed by atoms with Gasteiger partial charge in [0.25, 0.3) is 5.56 Å². The molecule has 2 aromatic heterocycles. The highest BCUT2D eigenvalue weighted by molar-refractivity contribution is 7.07. The molecule has 33 heavy (non-hydrogen) atoms. The Balaban J connectivity index is 1.97. The Labute approximate surface area is 194 Å². The van der Waals surface area contributed by atoms with E-state index in [1.165, 1.54) is 23.0 Å². The average molecular weight is 469 g/mol. The number of rotatable bonds is 6. The van der Waals surface area contributed by atoms with Crippen LogP contribution >= 0.6 is 11.3 Å². The van der Waals surface area contributed by atoms with Crippen LogP contribution in [-0.2, 0) is 9.53 Å². The molecule has 1 aromatic carbocycles. The van der Waals surface area contributed by atoms with E-state index in [0.29, 0.717) is 43.4 Å². The second-order valence-electron chi connectivity index (χ2n) is 7.37. The highest BCUT2D eigenvalue weighted by Gasteiger charge is 2.33. The Hall–Kier alpha value is -3.59. The first-order valence-electron chi connectivity index (χ1n) is 10.4. The van der Waals surface area contributed by atoms with Gasteiger partial charge in [-0.1, -0.05) is 17.4 Å². The fourth-order valence-corrected chi connectivity index (χ4v) is 4.82. The average Bonchev–Trinajstić information content (AvgIpc) is 3.34. The summed E-state index contributed by atoms with van der Waals surface area (Å²) in [6, 6.07) is 8.20. The van der Waals surface area contributed by atoms with Gasteiger partial charge in [0.2, 0.25) is 0 Å². The van der Waals surface area contributed by atoms with Crippen LogP contribution in [0, 0.1) is 6.92 Å². The molecule has 1 aliphatic rings. The van der Waals surface area contributed by atoms with Gasteiger partial charge in [0.15, 0.2) is 16.3 Å². The van der Waals surface area contributed by atoms with Crippen molar-refractivity contribution >= 4 is 23.4 Å². The highest BCUT2D eigenvalue weighted by atomic mass is 32.1. The molecule has 3 heterocycles. The normalized spacial score (nSPS) is 15.8. The monoisotopic (exact) mass is 468 g/mol. The molecule has 1 aliphatic heterocycles. The number of fused-ring (bicyclic) bond motifs is 1. The first-order valence-corrected chi connectivity index (χ1v) is 11.2. The number of thiazole rings is 1. The van der Waals surface area contributed by atoms with Gasteiger partial charge in [0, 0.05) is 6.08 Å². The number of furan rings is 1. The summed E-state index contributed by atoms with van der Waals surface area (Å²) >= 11 is 1.24. The summed E-state index contributed by atoms with van der Waals surface area (Å²) in [5.74, 6) is 1.83. The predicted octanol–water partition coefficient (Wildman–Crippen LogP) is 2.72. The lowest BCUT2D eigenvalue weighted by molar-refractivity contribution is -0.139. The van der Waals surface area contributed by atoms with Crippen molar-refractivity contribution in [2.45, 2.75) is 26.8 Å². The molecule has 9 heteroatoms. The smallest absolute Gasteiger partial charge is 0.338 e. The molecule has 0 fully saturated rings. The van der Waals surface area contributed by atoms with E-state index in [4.69, 9.17) is 18.6 Å². The van der Waals surface area contributed by atoms with Crippen LogP contribution in [0.25, 0.3) is 6.08 Å². The summed E-state index contributed by atoms with van der Waals surface area (Å²) < 4.78 is 23.7. The van der Waals surface area contributed by atoms with E-state index in [9.17, 15) is 9.59 Å². The van der Waals surface area contributed by atoms with Crippen molar-refractivity contribution in [3.63, 3.8) is 0 Å². The molecule has 0 radical (unpaired) electrons. The van der Waals surface area contributed by atoms with Gasteiger partial charge in [-0.25, -0.2) is 9.79 Å². The number of hydrogen-bond donors (Lipinski definition) is 0. The lowest BCUT2D eigenvalue weighted by Gasteiger charge is -2.25. The van der Waals surface area contributed by atoms with Crippen molar-refractivity contribution < 1.29 is 23.4 Å². The Kier molecular flexibility index (Phi) is 6.24. The number of aromatic nitrogens is 1. The molecule has 8 nitrogen and oxygen atoms in total. The van der Waals surface area contributed by atoms with Gasteiger partial charge in [-0.2, -0.15) is 0 Å². The van der Waals surface area contributed by atoms with E-state index in [1.54, 1.807) is 51.3 Å². The van der Waals surface area contributed by atoms with Crippen LogP contribution in [0.2, 0.25) is 0 Å². The second-order valence-corrected chi connectivity index (χ2v) is 8.37. The minimum absolute atomic E-state index is 0.205. The van der Waals surface area contributed by atoms with Crippen LogP contribution in [0.1, 0.15) is 37.0 Å². The minimum atomic E-state index is -0.736. The van der Waals surface area contributed by atoms with Gasteiger partial charge in [-0.3, -0.25) is 9.36 Å². The molecule has 1 unspecified atom stereocenters. The van der Waals surface area contributed by atoms with E-state index in [1.807, 2.05) is 13.0 Å². The maximum atomic E-state index is 13.5. The van der Waals surface area contributed by atoms with Gasteiger partial charge >= 0.3 is 5.97 Å². The molecule has 1 atom stereocenters. The molecule has 0 N–H and O–H groups in total. The predicted molar refractivity (Wildman–Crippen MR) is 123 cm³/mol. The van der Waals surface area contributed by atoms with Crippen LogP contribution in [0.4, 0.5) is 0 Å². The van der Waals surface area contributed by atoms with E-state index < -0.39 is 12.0 Å². The summed E-state index contributed by atoms with van der Waals surface area (Å²) in [6.07, 6.45) is 1.69. The summed E-state index contributed by atoms with van der Waals surface area (Å²) in [6.45, 7) is 5.52. The Morgan fingerprint density at radius 3 is 2.58 bits per heavy atom. The summed E-state index contributed by atoms with van der Waals surface area (Å²) in [5.41, 5.74) is 1.19. The van der Waals surface area contributed by atoms with Crippen molar-refractivity contribution in [1.82, 2.24) is 4.57 Å². The van der Waals surface area contributed by atoms with Crippen LogP contribution in [0.5, 0.6) is 11.5 Å². The van der Waals surface area contributed by atoms with Crippen LogP contribution in [-0.4, -0.2) is 31.4 Å². The summed E-state index contributed by atoms with van der Waals surface area (Å²) in [7, 11) is 3.08. The Morgan fingerprint density at radius 1 is 1.18 bits per heavy atom. The lowest BCUT2D eigenvalue weighted by atomic mass is 9.95. The third kappa shape index (κ3) is 4.11. The maximum Gasteiger partial charge on any atom is 0.338 e. The number of aryl methyl sites for hydroxylation is 1. The second kappa shape index (κ2) is 9.11. The topological polar surface area (TPSA) is 92.3 Å². The molecular weight excluding hydrogens is 444 g/mol. The number of carbonyl (C=O) groups is 1. The number of ether oxygens (including phenoxy) is 3. The van der Waals surface area contributed by atoms with Gasteiger partial charge in [0.05, 0.1) is 42.7 Å².